The third-order valence-corrected chi connectivity index (χ3v) is 2.64. The molecule has 0 aromatic heterocycles. The Morgan fingerprint density at radius 3 is 2.58 bits per heavy atom. The Bertz CT molecular complexity index is 153. The molecule has 0 amide bonds. The van der Waals surface area contributed by atoms with Gasteiger partial charge in [-0.2, -0.15) is 0 Å². The topological polar surface area (TPSA) is 15.3 Å². The quantitative estimate of drug-likeness (QED) is 0.527. The number of thiol groups is 1. The van der Waals surface area contributed by atoms with Gasteiger partial charge < -0.3 is 5.43 Å². The third kappa shape index (κ3) is 3.29. The molecule has 1 rings (SSSR count). The van der Waals surface area contributed by atoms with E-state index in [-0.39, 0.29) is 0 Å². The van der Waals surface area contributed by atoms with E-state index in [1.54, 1.807) is 0 Å². The maximum Gasteiger partial charge on any atom is 0.145 e. The summed E-state index contributed by atoms with van der Waals surface area (Å²) in [7, 11) is 0. The number of nitrogens with one attached hydrogen (secondary N) is 1. The fourth-order valence-corrected chi connectivity index (χ4v) is 1.86. The number of thiocarbonyl (C=S) groups is 1. The van der Waals surface area contributed by atoms with Gasteiger partial charge in [-0.05, 0) is 18.8 Å². The van der Waals surface area contributed by atoms with Crippen LogP contribution < -0.4 is 5.43 Å². The summed E-state index contributed by atoms with van der Waals surface area (Å²) in [5.41, 5.74) is 3.06. The molecule has 0 aromatic rings. The molecule has 1 saturated heterocycles. The van der Waals surface area contributed by atoms with E-state index in [1.165, 1.54) is 19.3 Å². The summed E-state index contributed by atoms with van der Waals surface area (Å²) in [6.45, 7) is 4.45. The summed E-state index contributed by atoms with van der Waals surface area (Å²) < 4.78 is 0.574. The predicted molar refractivity (Wildman–Crippen MR) is 59.3 cm³/mol. The van der Waals surface area contributed by atoms with Crippen LogP contribution in [0.4, 0.5) is 0 Å². The Morgan fingerprint density at radius 1 is 1.58 bits per heavy atom. The van der Waals surface area contributed by atoms with Gasteiger partial charge in [0.25, 0.3) is 0 Å². The van der Waals surface area contributed by atoms with E-state index in [1.807, 2.05) is 0 Å². The summed E-state index contributed by atoms with van der Waals surface area (Å²) in [5.74, 6) is 0.913. The summed E-state index contributed by atoms with van der Waals surface area (Å²) >= 11 is 8.88. The van der Waals surface area contributed by atoms with Crippen LogP contribution >= 0.6 is 24.8 Å². The van der Waals surface area contributed by atoms with Crippen molar-refractivity contribution in [2.75, 3.05) is 13.1 Å². The summed E-state index contributed by atoms with van der Waals surface area (Å²) in [6.07, 6.45) is 3.86. The van der Waals surface area contributed by atoms with Crippen LogP contribution in [-0.2, 0) is 0 Å². The van der Waals surface area contributed by atoms with E-state index in [9.17, 15) is 0 Å². The van der Waals surface area contributed by atoms with Crippen LogP contribution in [-0.4, -0.2) is 22.4 Å². The second kappa shape index (κ2) is 5.04. The van der Waals surface area contributed by atoms with E-state index in [2.05, 4.69) is 30.0 Å². The van der Waals surface area contributed by atoms with Crippen LogP contribution in [0, 0.1) is 5.92 Å². The van der Waals surface area contributed by atoms with Gasteiger partial charge in [0.05, 0.1) is 0 Å². The first-order valence-electron chi connectivity index (χ1n) is 4.47. The van der Waals surface area contributed by atoms with Gasteiger partial charge in [-0.25, -0.2) is 5.01 Å². The molecule has 1 aliphatic heterocycles. The summed E-state index contributed by atoms with van der Waals surface area (Å²) in [4.78, 5) is 0. The van der Waals surface area contributed by atoms with Crippen LogP contribution in [0.3, 0.4) is 0 Å². The van der Waals surface area contributed by atoms with Crippen LogP contribution in [0.15, 0.2) is 0 Å². The second-order valence-corrected chi connectivity index (χ2v) is 4.41. The maximum atomic E-state index is 4.85. The molecule has 0 radical (unpaired) electrons. The zero-order chi connectivity index (χ0) is 8.97. The summed E-state index contributed by atoms with van der Waals surface area (Å²) in [5, 5.41) is 2.15. The fourth-order valence-electron chi connectivity index (χ4n) is 1.59. The predicted octanol–water partition coefficient (Wildman–Crippen LogP) is 1.83. The minimum Gasteiger partial charge on any atom is -0.304 e. The standard InChI is InChI=1S/C8H16N2S2/c1-2-7-3-5-10(6-4-7)9-8(11)12/h7H,2-6H2,1H3,(H2,9,11,12). The zero-order valence-electron chi connectivity index (χ0n) is 7.42. The molecule has 0 saturated carbocycles. The van der Waals surface area contributed by atoms with Gasteiger partial charge in [0, 0.05) is 13.1 Å². The van der Waals surface area contributed by atoms with E-state index in [0.717, 1.165) is 19.0 Å². The molecule has 4 heteroatoms. The highest BCUT2D eigenvalue weighted by Gasteiger charge is 2.17. The molecule has 2 nitrogen and oxygen atoms in total. The van der Waals surface area contributed by atoms with Gasteiger partial charge in [0.15, 0.2) is 0 Å². The first-order chi connectivity index (χ1) is 5.72. The van der Waals surface area contributed by atoms with Gasteiger partial charge in [0.1, 0.15) is 4.32 Å². The summed E-state index contributed by atoms with van der Waals surface area (Å²) in [6, 6.07) is 0. The highest BCUT2D eigenvalue weighted by molar-refractivity contribution is 8.11. The fraction of sp³-hybridized carbons (Fsp3) is 0.875. The Morgan fingerprint density at radius 2 is 2.17 bits per heavy atom. The molecule has 12 heavy (non-hydrogen) atoms. The molecule has 1 fully saturated rings. The molecule has 70 valence electrons. The van der Waals surface area contributed by atoms with Crippen molar-refractivity contribution in [2.24, 2.45) is 5.92 Å². The lowest BCUT2D eigenvalue weighted by molar-refractivity contribution is 0.156. The number of nitrogens with zero attached hydrogens (tertiary/aromatic N) is 1. The Hall–Kier alpha value is 0.200. The number of hydrogen-bond acceptors (Lipinski definition) is 2. The van der Waals surface area contributed by atoms with Crippen molar-refractivity contribution in [1.82, 2.24) is 10.4 Å². The Labute approximate surface area is 85.1 Å². The lowest BCUT2D eigenvalue weighted by Crippen LogP contribution is -2.44. The second-order valence-electron chi connectivity index (χ2n) is 3.26. The molecular formula is C8H16N2S2. The van der Waals surface area contributed by atoms with Crippen LogP contribution in [0.25, 0.3) is 0 Å². The molecule has 0 aromatic carbocycles. The highest BCUT2D eigenvalue weighted by atomic mass is 32.1. The monoisotopic (exact) mass is 204 g/mol. The van der Waals surface area contributed by atoms with Gasteiger partial charge >= 0.3 is 0 Å². The van der Waals surface area contributed by atoms with Crippen molar-refractivity contribution in [3.8, 4) is 0 Å². The van der Waals surface area contributed by atoms with Crippen molar-refractivity contribution >= 4 is 29.2 Å². The number of piperidine rings is 1. The molecule has 0 unspecified atom stereocenters. The molecule has 0 aliphatic carbocycles. The minimum absolute atomic E-state index is 0.574. The van der Waals surface area contributed by atoms with Crippen molar-refractivity contribution in [3.63, 3.8) is 0 Å². The average Bonchev–Trinajstić information content (AvgIpc) is 2.05. The molecular weight excluding hydrogens is 188 g/mol. The Kier molecular flexibility index (Phi) is 4.32. The average molecular weight is 204 g/mol. The minimum atomic E-state index is 0.574. The number of rotatable bonds is 2. The molecule has 0 bridgehead atoms. The largest absolute Gasteiger partial charge is 0.304 e. The molecule has 1 heterocycles. The third-order valence-electron chi connectivity index (χ3n) is 2.45. The van der Waals surface area contributed by atoms with Crippen LogP contribution in [0.1, 0.15) is 26.2 Å². The van der Waals surface area contributed by atoms with Gasteiger partial charge in [-0.3, -0.25) is 0 Å². The Balaban J connectivity index is 2.21. The molecule has 0 spiro atoms. The van der Waals surface area contributed by atoms with E-state index in [0.29, 0.717) is 4.32 Å². The van der Waals surface area contributed by atoms with Gasteiger partial charge in [0.2, 0.25) is 0 Å². The van der Waals surface area contributed by atoms with Crippen molar-refractivity contribution in [1.29, 1.82) is 0 Å². The SMILES string of the molecule is CCC1CCN(NC(=S)S)CC1. The van der Waals surface area contributed by atoms with E-state index in [4.69, 9.17) is 12.2 Å². The van der Waals surface area contributed by atoms with Gasteiger partial charge in [-0.15, -0.1) is 12.6 Å². The van der Waals surface area contributed by atoms with E-state index < -0.39 is 0 Å². The zero-order valence-corrected chi connectivity index (χ0v) is 9.13. The van der Waals surface area contributed by atoms with Crippen molar-refractivity contribution in [2.45, 2.75) is 26.2 Å². The van der Waals surface area contributed by atoms with E-state index >= 15 is 0 Å². The molecule has 1 N–H and O–H groups in total. The van der Waals surface area contributed by atoms with Crippen molar-refractivity contribution < 1.29 is 0 Å². The first-order valence-corrected chi connectivity index (χ1v) is 5.32. The molecule has 1 aliphatic rings. The lowest BCUT2D eigenvalue weighted by Gasteiger charge is -2.31. The number of hydrazine groups is 1. The highest BCUT2D eigenvalue weighted by Crippen LogP contribution is 2.18. The van der Waals surface area contributed by atoms with Crippen LogP contribution in [0.5, 0.6) is 0 Å². The van der Waals surface area contributed by atoms with Gasteiger partial charge in [-0.1, -0.05) is 25.6 Å². The lowest BCUT2D eigenvalue weighted by atomic mass is 9.95. The first kappa shape index (κ1) is 10.3. The normalized spacial score (nSPS) is 20.8. The maximum absolute atomic E-state index is 4.85. The van der Waals surface area contributed by atoms with Crippen molar-refractivity contribution in [3.05, 3.63) is 0 Å². The molecule has 0 atom stereocenters. The van der Waals surface area contributed by atoms with Crippen LogP contribution in [0.2, 0.25) is 0 Å². The number of hydrogen-bond donors (Lipinski definition) is 2. The smallest absolute Gasteiger partial charge is 0.145 e.